The number of hydrogen-bond donors (Lipinski definition) is 1. The van der Waals surface area contributed by atoms with Gasteiger partial charge in [-0.2, -0.15) is 5.10 Å². The first-order valence-corrected chi connectivity index (χ1v) is 10.2. The van der Waals surface area contributed by atoms with Crippen molar-refractivity contribution in [3.8, 4) is 0 Å². The maximum absolute atomic E-state index is 13.4. The van der Waals surface area contributed by atoms with Gasteiger partial charge in [-0.15, -0.1) is 0 Å². The molecule has 4 rings (SSSR count). The van der Waals surface area contributed by atoms with Gasteiger partial charge in [0.15, 0.2) is 5.65 Å². The molecule has 0 unspecified atom stereocenters. The Hall–Kier alpha value is -1.95. The largest absolute Gasteiger partial charge is 0.339 e. The zero-order valence-electron chi connectivity index (χ0n) is 17.0. The standard InChI is InChI=1S/C21H31N5O/c1-13-18-16(20(27)25-9-7-14(12-22)8-10-25)11-17(15-5-6-15)23-19(18)26(24-13)21(2,3)4/h11,14-15H,5-10,12,22H2,1-4H3. The van der Waals surface area contributed by atoms with E-state index in [2.05, 4.69) is 20.8 Å². The molecule has 0 atom stereocenters. The summed E-state index contributed by atoms with van der Waals surface area (Å²) in [5.74, 6) is 1.16. The second kappa shape index (κ2) is 6.59. The van der Waals surface area contributed by atoms with Crippen LogP contribution >= 0.6 is 0 Å². The highest BCUT2D eigenvalue weighted by Crippen LogP contribution is 2.41. The number of aromatic nitrogens is 3. The van der Waals surface area contributed by atoms with Crippen LogP contribution in [0.15, 0.2) is 6.07 Å². The number of piperidine rings is 1. The van der Waals surface area contributed by atoms with Gasteiger partial charge in [-0.3, -0.25) is 4.79 Å². The number of pyridine rings is 1. The topological polar surface area (TPSA) is 77.0 Å². The molecule has 2 N–H and O–H groups in total. The average molecular weight is 370 g/mol. The Morgan fingerprint density at radius 1 is 1.22 bits per heavy atom. The lowest BCUT2D eigenvalue weighted by Crippen LogP contribution is -2.40. The fourth-order valence-corrected chi connectivity index (χ4v) is 4.07. The Balaban J connectivity index is 1.79. The zero-order chi connectivity index (χ0) is 19.3. The van der Waals surface area contributed by atoms with Crippen molar-refractivity contribution in [2.75, 3.05) is 19.6 Å². The van der Waals surface area contributed by atoms with E-state index in [9.17, 15) is 4.79 Å². The number of aryl methyl sites for hydroxylation is 1. The van der Waals surface area contributed by atoms with E-state index in [0.29, 0.717) is 18.4 Å². The van der Waals surface area contributed by atoms with Gasteiger partial charge in [0, 0.05) is 24.7 Å². The van der Waals surface area contributed by atoms with Gasteiger partial charge in [0.1, 0.15) is 0 Å². The van der Waals surface area contributed by atoms with Crippen LogP contribution in [-0.2, 0) is 5.54 Å². The molecule has 2 aromatic heterocycles. The lowest BCUT2D eigenvalue weighted by molar-refractivity contribution is 0.0695. The van der Waals surface area contributed by atoms with E-state index in [1.807, 2.05) is 22.6 Å². The summed E-state index contributed by atoms with van der Waals surface area (Å²) in [6.45, 7) is 10.7. The van der Waals surface area contributed by atoms with Gasteiger partial charge in [-0.1, -0.05) is 0 Å². The van der Waals surface area contributed by atoms with E-state index in [4.69, 9.17) is 15.8 Å². The van der Waals surface area contributed by atoms with Crippen LogP contribution in [-0.4, -0.2) is 45.2 Å². The molecule has 146 valence electrons. The minimum absolute atomic E-state index is 0.122. The van der Waals surface area contributed by atoms with E-state index in [1.54, 1.807) is 0 Å². The van der Waals surface area contributed by atoms with Crippen LogP contribution in [0.2, 0.25) is 0 Å². The molecule has 0 radical (unpaired) electrons. The van der Waals surface area contributed by atoms with Gasteiger partial charge in [0.25, 0.3) is 5.91 Å². The van der Waals surface area contributed by atoms with Crippen molar-refractivity contribution in [1.29, 1.82) is 0 Å². The molecule has 3 heterocycles. The van der Waals surface area contributed by atoms with Crippen molar-refractivity contribution in [3.05, 3.63) is 23.0 Å². The van der Waals surface area contributed by atoms with Gasteiger partial charge >= 0.3 is 0 Å². The molecule has 0 aromatic carbocycles. The molecule has 1 aliphatic heterocycles. The molecule has 2 aliphatic rings. The summed E-state index contributed by atoms with van der Waals surface area (Å²) >= 11 is 0. The molecule has 2 fully saturated rings. The Morgan fingerprint density at radius 2 is 1.89 bits per heavy atom. The summed E-state index contributed by atoms with van der Waals surface area (Å²) in [5.41, 5.74) is 9.20. The Morgan fingerprint density at radius 3 is 2.44 bits per heavy atom. The van der Waals surface area contributed by atoms with E-state index >= 15 is 0 Å². The van der Waals surface area contributed by atoms with Crippen LogP contribution in [0.5, 0.6) is 0 Å². The predicted molar refractivity (Wildman–Crippen MR) is 107 cm³/mol. The number of amides is 1. The molecule has 1 saturated heterocycles. The van der Waals surface area contributed by atoms with Crippen molar-refractivity contribution in [3.63, 3.8) is 0 Å². The van der Waals surface area contributed by atoms with Crippen LogP contribution in [0.1, 0.15) is 74.1 Å². The number of carbonyl (C=O) groups excluding carboxylic acids is 1. The minimum atomic E-state index is -0.179. The predicted octanol–water partition coefficient (Wildman–Crippen LogP) is 3.18. The van der Waals surface area contributed by atoms with Crippen molar-refractivity contribution in [2.24, 2.45) is 11.7 Å². The van der Waals surface area contributed by atoms with Crippen LogP contribution in [0.25, 0.3) is 11.0 Å². The third-order valence-corrected chi connectivity index (χ3v) is 5.93. The second-order valence-corrected chi connectivity index (χ2v) is 9.21. The summed E-state index contributed by atoms with van der Waals surface area (Å²) in [6, 6.07) is 2.04. The van der Waals surface area contributed by atoms with Gasteiger partial charge in [0.2, 0.25) is 0 Å². The highest BCUT2D eigenvalue weighted by molar-refractivity contribution is 6.06. The van der Waals surface area contributed by atoms with Crippen molar-refractivity contribution in [1.82, 2.24) is 19.7 Å². The molecule has 0 spiro atoms. The van der Waals surface area contributed by atoms with E-state index < -0.39 is 0 Å². The quantitative estimate of drug-likeness (QED) is 0.901. The summed E-state index contributed by atoms with van der Waals surface area (Å²) in [4.78, 5) is 20.4. The van der Waals surface area contributed by atoms with Gasteiger partial charge in [-0.05, 0) is 71.9 Å². The minimum Gasteiger partial charge on any atom is -0.339 e. The molecule has 27 heavy (non-hydrogen) atoms. The van der Waals surface area contributed by atoms with Crippen molar-refractivity contribution >= 4 is 16.9 Å². The Labute approximate surface area is 161 Å². The van der Waals surface area contributed by atoms with Crippen LogP contribution < -0.4 is 5.73 Å². The summed E-state index contributed by atoms with van der Waals surface area (Å²) in [6.07, 6.45) is 4.31. The van der Waals surface area contributed by atoms with E-state index in [0.717, 1.165) is 66.8 Å². The summed E-state index contributed by atoms with van der Waals surface area (Å²) < 4.78 is 1.99. The number of nitrogens with two attached hydrogens (primary N) is 1. The molecule has 1 saturated carbocycles. The molecule has 6 nitrogen and oxygen atoms in total. The number of likely N-dealkylation sites (tertiary alicyclic amines) is 1. The Bertz CT molecular complexity index is 867. The van der Waals surface area contributed by atoms with Crippen LogP contribution in [0, 0.1) is 12.8 Å². The average Bonchev–Trinajstić information content (AvgIpc) is 3.43. The number of fused-ring (bicyclic) bond motifs is 1. The molecule has 0 bridgehead atoms. The number of hydrogen-bond acceptors (Lipinski definition) is 4. The zero-order valence-corrected chi connectivity index (χ0v) is 17.0. The number of rotatable bonds is 3. The van der Waals surface area contributed by atoms with Crippen LogP contribution in [0.4, 0.5) is 0 Å². The summed E-state index contributed by atoms with van der Waals surface area (Å²) in [7, 11) is 0. The van der Waals surface area contributed by atoms with Gasteiger partial charge in [-0.25, -0.2) is 9.67 Å². The molecule has 2 aromatic rings. The summed E-state index contributed by atoms with van der Waals surface area (Å²) in [5, 5.41) is 5.68. The fourth-order valence-electron chi connectivity index (χ4n) is 4.07. The first-order valence-electron chi connectivity index (χ1n) is 10.2. The number of nitrogens with zero attached hydrogens (tertiary/aromatic N) is 4. The Kier molecular flexibility index (Phi) is 4.49. The first-order chi connectivity index (χ1) is 12.8. The second-order valence-electron chi connectivity index (χ2n) is 9.21. The smallest absolute Gasteiger partial charge is 0.254 e. The van der Waals surface area contributed by atoms with E-state index in [1.165, 1.54) is 0 Å². The lowest BCUT2D eigenvalue weighted by Gasteiger charge is -2.31. The number of carbonyl (C=O) groups is 1. The van der Waals surface area contributed by atoms with Crippen molar-refractivity contribution < 1.29 is 4.79 Å². The molecule has 1 amide bonds. The van der Waals surface area contributed by atoms with Crippen LogP contribution in [0.3, 0.4) is 0 Å². The third-order valence-electron chi connectivity index (χ3n) is 5.93. The SMILES string of the molecule is Cc1nn(C(C)(C)C)c2nc(C3CC3)cc(C(=O)N3CCC(CN)CC3)c12. The van der Waals surface area contributed by atoms with Crippen molar-refractivity contribution in [2.45, 2.75) is 64.8 Å². The maximum Gasteiger partial charge on any atom is 0.254 e. The molecular weight excluding hydrogens is 338 g/mol. The molecule has 6 heteroatoms. The monoisotopic (exact) mass is 369 g/mol. The maximum atomic E-state index is 13.4. The van der Waals surface area contributed by atoms with Gasteiger partial charge < -0.3 is 10.6 Å². The molecule has 1 aliphatic carbocycles. The van der Waals surface area contributed by atoms with Gasteiger partial charge in [0.05, 0.1) is 22.2 Å². The lowest BCUT2D eigenvalue weighted by atomic mass is 9.96. The molecular formula is C21H31N5O. The normalized spacial score (nSPS) is 19.1. The highest BCUT2D eigenvalue weighted by Gasteiger charge is 2.32. The third kappa shape index (κ3) is 3.35. The highest BCUT2D eigenvalue weighted by atomic mass is 16.2. The fraction of sp³-hybridized carbons (Fsp3) is 0.667. The first kappa shape index (κ1) is 18.4. The van der Waals surface area contributed by atoms with E-state index in [-0.39, 0.29) is 11.4 Å².